The predicted molar refractivity (Wildman–Crippen MR) is 31.1 cm³/mol. The number of hydrogen-bond donors (Lipinski definition) is 0. The number of nitrogens with zero attached hydrogens (tertiary/aromatic N) is 1. The van der Waals surface area contributed by atoms with E-state index in [1.54, 1.807) is 0 Å². The highest BCUT2D eigenvalue weighted by Crippen LogP contribution is 2.11. The van der Waals surface area contributed by atoms with Crippen molar-refractivity contribution in [3.63, 3.8) is 0 Å². The largest absolute Gasteiger partial charge is 0.328 e. The van der Waals surface area contributed by atoms with Gasteiger partial charge in [0.05, 0.1) is 27.2 Å². The fraction of sp³-hybridized carbons (Fsp3) is 1.00. The third-order valence-electron chi connectivity index (χ3n) is 1.78. The highest BCUT2D eigenvalue weighted by molar-refractivity contribution is 4.46. The lowest BCUT2D eigenvalue weighted by Gasteiger charge is -2.21. The molecular formula is C6H14N+. The molecule has 1 heterocycles. The fourth-order valence-corrected chi connectivity index (χ4v) is 1.19. The third kappa shape index (κ3) is 1.16. The maximum Gasteiger partial charge on any atom is 0.0784 e. The van der Waals surface area contributed by atoms with Gasteiger partial charge in [0.15, 0.2) is 0 Å². The molecule has 7 heavy (non-hydrogen) atoms. The van der Waals surface area contributed by atoms with Gasteiger partial charge in [0.1, 0.15) is 0 Å². The molecule has 1 saturated heterocycles. The normalized spacial score (nSPS) is 28.3. The van der Waals surface area contributed by atoms with E-state index in [1.165, 1.54) is 30.4 Å². The predicted octanol–water partition coefficient (Wildman–Crippen LogP) is 0.857. The van der Waals surface area contributed by atoms with Crippen molar-refractivity contribution in [2.75, 3.05) is 27.2 Å². The van der Waals surface area contributed by atoms with Gasteiger partial charge in [0.2, 0.25) is 0 Å². The van der Waals surface area contributed by atoms with Crippen LogP contribution in [0.1, 0.15) is 12.8 Å². The van der Waals surface area contributed by atoms with Crippen LogP contribution in [0.5, 0.6) is 0 Å². The molecule has 42 valence electrons. The average molecular weight is 100 g/mol. The van der Waals surface area contributed by atoms with E-state index in [-0.39, 0.29) is 0 Å². The topological polar surface area (TPSA) is 0 Å². The van der Waals surface area contributed by atoms with Crippen LogP contribution >= 0.6 is 0 Å². The van der Waals surface area contributed by atoms with E-state index >= 15 is 0 Å². The summed E-state index contributed by atoms with van der Waals surface area (Å²) in [5, 5.41) is 0. The average Bonchev–Trinajstić information content (AvgIpc) is 1.84. The fourth-order valence-electron chi connectivity index (χ4n) is 1.19. The Morgan fingerprint density at radius 1 is 1.00 bits per heavy atom. The summed E-state index contributed by atoms with van der Waals surface area (Å²) in [5.41, 5.74) is 0. The van der Waals surface area contributed by atoms with Gasteiger partial charge in [-0.05, 0) is 0 Å². The first kappa shape index (κ1) is 5.10. The van der Waals surface area contributed by atoms with Crippen molar-refractivity contribution in [3.05, 3.63) is 0 Å². The van der Waals surface area contributed by atoms with Crippen LogP contribution in [0.3, 0.4) is 0 Å². The Hall–Kier alpha value is -0.0400. The zero-order valence-electron chi connectivity index (χ0n) is 5.28. The summed E-state index contributed by atoms with van der Waals surface area (Å²) in [7, 11) is 4.60. The standard InChI is InChI=1S/C6H14N/c1-7(2)5-3-4-6-7/h3-6H2,1-2H3/q+1. The molecular weight excluding hydrogens is 86.1 g/mol. The number of hydrogen-bond acceptors (Lipinski definition) is 0. The summed E-state index contributed by atoms with van der Waals surface area (Å²) in [5.74, 6) is 0. The number of quaternary nitrogens is 1. The molecule has 0 aromatic heterocycles. The van der Waals surface area contributed by atoms with Crippen LogP contribution in [-0.2, 0) is 0 Å². The van der Waals surface area contributed by atoms with Crippen LogP contribution in [0.4, 0.5) is 0 Å². The zero-order chi connectivity index (χ0) is 5.33. The molecule has 0 spiro atoms. The van der Waals surface area contributed by atoms with E-state index in [9.17, 15) is 0 Å². The van der Waals surface area contributed by atoms with Crippen molar-refractivity contribution in [2.45, 2.75) is 12.8 Å². The van der Waals surface area contributed by atoms with E-state index in [4.69, 9.17) is 0 Å². The molecule has 0 aromatic rings. The van der Waals surface area contributed by atoms with Gasteiger partial charge in [-0.25, -0.2) is 0 Å². The Morgan fingerprint density at radius 3 is 1.57 bits per heavy atom. The lowest BCUT2D eigenvalue weighted by atomic mass is 10.4. The van der Waals surface area contributed by atoms with E-state index in [2.05, 4.69) is 14.1 Å². The molecule has 1 aliphatic heterocycles. The number of likely N-dealkylation sites (tertiary alicyclic amines) is 1. The Labute approximate surface area is 45.5 Å². The summed E-state index contributed by atoms with van der Waals surface area (Å²) in [6.07, 6.45) is 2.88. The van der Waals surface area contributed by atoms with E-state index in [0.717, 1.165) is 0 Å². The molecule has 0 bridgehead atoms. The molecule has 0 atom stereocenters. The van der Waals surface area contributed by atoms with Crippen LogP contribution in [-0.4, -0.2) is 31.7 Å². The molecule has 0 aliphatic carbocycles. The van der Waals surface area contributed by atoms with Crippen molar-refractivity contribution < 1.29 is 4.48 Å². The minimum absolute atomic E-state index is 1.25. The van der Waals surface area contributed by atoms with Crippen LogP contribution in [0, 0.1) is 0 Å². The zero-order valence-corrected chi connectivity index (χ0v) is 5.28. The molecule has 0 saturated carbocycles. The first-order chi connectivity index (χ1) is 3.21. The summed E-state index contributed by atoms with van der Waals surface area (Å²) < 4.78 is 1.25. The van der Waals surface area contributed by atoms with E-state index in [0.29, 0.717) is 0 Å². The van der Waals surface area contributed by atoms with Gasteiger partial charge in [-0.1, -0.05) is 0 Å². The highest BCUT2D eigenvalue weighted by atomic mass is 15.3. The maximum absolute atomic E-state index is 2.30. The lowest BCUT2D eigenvalue weighted by molar-refractivity contribution is -0.877. The SMILES string of the molecule is C[N+]1(C)CCCC1. The Morgan fingerprint density at radius 2 is 1.43 bits per heavy atom. The summed E-state index contributed by atoms with van der Waals surface area (Å²) in [6.45, 7) is 2.78. The quantitative estimate of drug-likeness (QED) is 0.396. The van der Waals surface area contributed by atoms with Gasteiger partial charge < -0.3 is 4.48 Å². The molecule has 1 rings (SSSR count). The van der Waals surface area contributed by atoms with Gasteiger partial charge in [-0.2, -0.15) is 0 Å². The minimum Gasteiger partial charge on any atom is -0.328 e. The van der Waals surface area contributed by atoms with Gasteiger partial charge in [0, 0.05) is 12.8 Å². The van der Waals surface area contributed by atoms with Crippen molar-refractivity contribution >= 4 is 0 Å². The Kier molecular flexibility index (Phi) is 1.08. The van der Waals surface area contributed by atoms with Crippen LogP contribution in [0.25, 0.3) is 0 Å². The van der Waals surface area contributed by atoms with Crippen molar-refractivity contribution in [1.29, 1.82) is 0 Å². The second kappa shape index (κ2) is 1.48. The van der Waals surface area contributed by atoms with Crippen LogP contribution in [0.2, 0.25) is 0 Å². The summed E-state index contributed by atoms with van der Waals surface area (Å²) in [6, 6.07) is 0. The van der Waals surface area contributed by atoms with Crippen molar-refractivity contribution in [2.24, 2.45) is 0 Å². The third-order valence-corrected chi connectivity index (χ3v) is 1.78. The number of rotatable bonds is 0. The van der Waals surface area contributed by atoms with E-state index < -0.39 is 0 Å². The Bertz CT molecular complexity index is 58.6. The maximum atomic E-state index is 2.30. The summed E-state index contributed by atoms with van der Waals surface area (Å²) in [4.78, 5) is 0. The van der Waals surface area contributed by atoms with Crippen molar-refractivity contribution in [1.82, 2.24) is 0 Å². The van der Waals surface area contributed by atoms with Gasteiger partial charge >= 0.3 is 0 Å². The monoisotopic (exact) mass is 100 g/mol. The Balaban J connectivity index is 2.40. The summed E-state index contributed by atoms with van der Waals surface area (Å²) >= 11 is 0. The van der Waals surface area contributed by atoms with Gasteiger partial charge in [0.25, 0.3) is 0 Å². The molecule has 0 radical (unpaired) electrons. The first-order valence-electron chi connectivity index (χ1n) is 3.03. The second-order valence-electron chi connectivity index (χ2n) is 3.09. The molecule has 1 fully saturated rings. The second-order valence-corrected chi connectivity index (χ2v) is 3.09. The first-order valence-corrected chi connectivity index (χ1v) is 3.03. The smallest absolute Gasteiger partial charge is 0.0784 e. The lowest BCUT2D eigenvalue weighted by Crippen LogP contribution is -2.35. The molecule has 0 N–H and O–H groups in total. The van der Waals surface area contributed by atoms with Crippen LogP contribution < -0.4 is 0 Å². The van der Waals surface area contributed by atoms with Gasteiger partial charge in [-0.15, -0.1) is 0 Å². The molecule has 1 nitrogen and oxygen atoms in total. The van der Waals surface area contributed by atoms with Crippen LogP contribution in [0.15, 0.2) is 0 Å². The molecule has 0 aromatic carbocycles. The van der Waals surface area contributed by atoms with Gasteiger partial charge in [-0.3, -0.25) is 0 Å². The van der Waals surface area contributed by atoms with Crippen molar-refractivity contribution in [3.8, 4) is 0 Å². The molecule has 0 amide bonds. The molecule has 0 unspecified atom stereocenters. The minimum atomic E-state index is 1.25. The van der Waals surface area contributed by atoms with E-state index in [1.807, 2.05) is 0 Å². The molecule has 1 heteroatoms. The molecule has 1 aliphatic rings. The highest BCUT2D eigenvalue weighted by Gasteiger charge is 2.19.